The van der Waals surface area contributed by atoms with Crippen LogP contribution in [-0.2, 0) is 5.24 Å². The zero-order valence-electron chi connectivity index (χ0n) is 21.6. The predicted octanol–water partition coefficient (Wildman–Crippen LogP) is 1.09. The van der Waals surface area contributed by atoms with Crippen LogP contribution in [0.2, 0.25) is 0 Å². The van der Waals surface area contributed by atoms with Gasteiger partial charge in [-0.15, -0.1) is 0 Å². The molecule has 0 aliphatic heterocycles. The summed E-state index contributed by atoms with van der Waals surface area (Å²) in [6.07, 6.45) is 6.11. The number of aromatic nitrogens is 4. The molecule has 0 bridgehead atoms. The first-order chi connectivity index (χ1) is 17.6. The molecule has 0 spiro atoms. The molecule has 7 nitrogen and oxygen atoms in total. The van der Waals surface area contributed by atoms with E-state index in [2.05, 4.69) is 27.5 Å². The van der Waals surface area contributed by atoms with E-state index in [1.807, 2.05) is 54.0 Å². The molecular formula is C26H29B3FN5O2. The quantitative estimate of drug-likeness (QED) is 0.376. The van der Waals surface area contributed by atoms with Crippen molar-refractivity contribution in [1.29, 1.82) is 0 Å². The lowest BCUT2D eigenvalue weighted by molar-refractivity contribution is 0.0882. The van der Waals surface area contributed by atoms with Crippen molar-refractivity contribution >= 4 is 40.2 Å². The molecule has 0 unspecified atom stereocenters. The van der Waals surface area contributed by atoms with E-state index in [0.29, 0.717) is 28.0 Å². The highest BCUT2D eigenvalue weighted by molar-refractivity contribution is 6.56. The van der Waals surface area contributed by atoms with E-state index in [9.17, 15) is 14.0 Å². The van der Waals surface area contributed by atoms with Gasteiger partial charge in [0.2, 0.25) is 0 Å². The lowest BCUT2D eigenvalue weighted by atomic mass is 9.49. The lowest BCUT2D eigenvalue weighted by Crippen LogP contribution is -2.44. The minimum atomic E-state index is -0.443. The number of carbonyl (C=O) groups excluding carboxylic acids is 1. The van der Waals surface area contributed by atoms with Crippen molar-refractivity contribution in [3.8, 4) is 11.1 Å². The Hall–Kier alpha value is -3.62. The molecule has 2 heterocycles. The van der Waals surface area contributed by atoms with Crippen LogP contribution in [0.25, 0.3) is 21.9 Å². The molecule has 4 aromatic rings. The highest BCUT2D eigenvalue weighted by atomic mass is 19.1. The van der Waals surface area contributed by atoms with Crippen molar-refractivity contribution in [3.63, 3.8) is 0 Å². The number of halogens is 1. The van der Waals surface area contributed by atoms with E-state index in [1.165, 1.54) is 6.07 Å². The number of hydrogen-bond acceptors (Lipinski definition) is 4. The van der Waals surface area contributed by atoms with Crippen molar-refractivity contribution in [2.75, 3.05) is 0 Å². The second-order valence-electron chi connectivity index (χ2n) is 11.2. The molecule has 0 radical (unpaired) electrons. The van der Waals surface area contributed by atoms with Gasteiger partial charge in [-0.1, -0.05) is 31.2 Å². The van der Waals surface area contributed by atoms with Gasteiger partial charge >= 0.3 is 0 Å². The Kier molecular flexibility index (Phi) is 6.56. The summed E-state index contributed by atoms with van der Waals surface area (Å²) >= 11 is 0. The summed E-state index contributed by atoms with van der Waals surface area (Å²) in [6, 6.07) is 12.2. The Balaban J connectivity index is 1.18. The number of nitrogens with zero attached hydrogens (tertiary/aromatic N) is 3. The van der Waals surface area contributed by atoms with Crippen molar-refractivity contribution < 1.29 is 9.18 Å². The monoisotopic (exact) mass is 495 g/mol. The molecule has 1 amide bonds. The van der Waals surface area contributed by atoms with Gasteiger partial charge in [0, 0.05) is 40.2 Å². The van der Waals surface area contributed by atoms with Crippen LogP contribution in [0, 0.1) is 11.7 Å². The van der Waals surface area contributed by atoms with E-state index >= 15 is 0 Å². The fourth-order valence-electron chi connectivity index (χ4n) is 5.16. The van der Waals surface area contributed by atoms with E-state index in [-0.39, 0.29) is 28.7 Å². The summed E-state index contributed by atoms with van der Waals surface area (Å²) in [5.74, 6) is -0.0818. The number of rotatable bonds is 7. The minimum absolute atomic E-state index is 0.0674. The summed E-state index contributed by atoms with van der Waals surface area (Å²) in [5, 5.41) is 15.7. The van der Waals surface area contributed by atoms with Crippen LogP contribution >= 0.6 is 0 Å². The molecule has 1 aliphatic rings. The molecule has 186 valence electrons. The van der Waals surface area contributed by atoms with Gasteiger partial charge in [-0.05, 0) is 48.6 Å². The Morgan fingerprint density at radius 3 is 2.62 bits per heavy atom. The van der Waals surface area contributed by atoms with Crippen molar-refractivity contribution in [1.82, 2.24) is 25.3 Å². The van der Waals surface area contributed by atoms with Gasteiger partial charge in [-0.2, -0.15) is 10.2 Å². The molecule has 0 saturated heterocycles. The summed E-state index contributed by atoms with van der Waals surface area (Å²) in [5.41, 5.74) is 2.13. The van der Waals surface area contributed by atoms with Crippen molar-refractivity contribution in [2.45, 2.75) is 43.4 Å². The smallest absolute Gasteiger partial charge is 0.272 e. The molecule has 2 N–H and O–H groups in total. The maximum absolute atomic E-state index is 14.9. The third-order valence-corrected chi connectivity index (χ3v) is 7.26. The summed E-state index contributed by atoms with van der Waals surface area (Å²) < 4.78 is 16.7. The number of nitrogens with one attached hydrogen (secondary N) is 2. The second-order valence-corrected chi connectivity index (χ2v) is 11.2. The average molecular weight is 495 g/mol. The van der Waals surface area contributed by atoms with Gasteiger partial charge < -0.3 is 5.32 Å². The third-order valence-electron chi connectivity index (χ3n) is 7.26. The largest absolute Gasteiger partial charge is 0.349 e. The van der Waals surface area contributed by atoms with Gasteiger partial charge in [0.05, 0.1) is 17.3 Å². The molecule has 37 heavy (non-hydrogen) atoms. The Bertz CT molecular complexity index is 1520. The highest BCUT2D eigenvalue weighted by Gasteiger charge is 2.32. The van der Waals surface area contributed by atoms with E-state index < -0.39 is 5.82 Å². The molecule has 1 saturated carbocycles. The number of fused-ring (bicyclic) bond motifs is 1. The Labute approximate surface area is 217 Å². The topological polar surface area (TPSA) is 92.7 Å². The van der Waals surface area contributed by atoms with Crippen LogP contribution in [0.15, 0.2) is 59.7 Å². The van der Waals surface area contributed by atoms with E-state index in [4.69, 9.17) is 0 Å². The fourth-order valence-corrected chi connectivity index (χ4v) is 5.16. The number of carbonyl (C=O) groups is 1. The van der Waals surface area contributed by atoms with Crippen LogP contribution in [-0.4, -0.2) is 55.5 Å². The molecule has 1 aliphatic carbocycles. The van der Waals surface area contributed by atoms with Gasteiger partial charge in [0.25, 0.3) is 11.5 Å². The number of H-pyrrole nitrogens is 1. The lowest BCUT2D eigenvalue weighted by Gasteiger charge is -2.37. The number of hydrogen-bond donors (Lipinski definition) is 2. The molecule has 11 heteroatoms. The number of aromatic amines is 1. The third kappa shape index (κ3) is 5.12. The number of amides is 1. The highest BCUT2D eigenvalue weighted by Crippen LogP contribution is 2.37. The fraction of sp³-hybridized carbons (Fsp3) is 0.308. The molecule has 2 aromatic heterocycles. The first kappa shape index (κ1) is 25.1. The molecule has 1 fully saturated rings. The molecular weight excluding hydrogens is 466 g/mol. The molecule has 1 atom stereocenters. The van der Waals surface area contributed by atoms with E-state index in [1.54, 1.807) is 23.0 Å². The van der Waals surface area contributed by atoms with Crippen molar-refractivity contribution in [3.05, 3.63) is 82.3 Å². The SMILES string of the molecule is BC(B)(B)n1cc(-c2ccc(C(=O)N[C@H]3C[C@H](C[C@H](C)c4n[nH]c(=O)c5ccccc45)C3)cc2F)cn1. The second kappa shape index (κ2) is 9.69. The van der Waals surface area contributed by atoms with Crippen LogP contribution in [0.4, 0.5) is 4.39 Å². The summed E-state index contributed by atoms with van der Waals surface area (Å²) in [6.45, 7) is 2.12. The van der Waals surface area contributed by atoms with Crippen molar-refractivity contribution in [2.24, 2.45) is 5.92 Å². The zero-order valence-corrected chi connectivity index (χ0v) is 21.6. The standard InChI is InChI=1S/C26H29B3FN5O2/c1-14(23-20-4-2-3-5-21(20)25(37)34-33-23)8-15-9-18(10-15)32-24(36)16-6-7-19(22(30)11-16)17-12-31-35(13-17)26(27,28)29/h2-7,11-15,18H,8-10,27-29H2,1H3,(H,32,36)(H,34,37)/t14-,15-,18-/m0/s1. The summed E-state index contributed by atoms with van der Waals surface area (Å²) in [4.78, 5) is 24.8. The molecule has 5 rings (SSSR count). The van der Waals surface area contributed by atoms with Gasteiger partial charge in [-0.25, -0.2) is 9.49 Å². The Morgan fingerprint density at radius 2 is 1.95 bits per heavy atom. The first-order valence-corrected chi connectivity index (χ1v) is 12.7. The van der Waals surface area contributed by atoms with Gasteiger partial charge in [0.1, 0.15) is 29.4 Å². The molecule has 2 aromatic carbocycles. The van der Waals surface area contributed by atoms with Crippen LogP contribution in [0.5, 0.6) is 0 Å². The normalized spacial score (nSPS) is 18.3. The van der Waals surface area contributed by atoms with Crippen LogP contribution in [0.1, 0.15) is 48.2 Å². The maximum Gasteiger partial charge on any atom is 0.272 e. The number of benzene rings is 2. The zero-order chi connectivity index (χ0) is 26.3. The Morgan fingerprint density at radius 1 is 1.22 bits per heavy atom. The van der Waals surface area contributed by atoms with Gasteiger partial charge in [-0.3, -0.25) is 14.3 Å². The van der Waals surface area contributed by atoms with Crippen LogP contribution < -0.4 is 10.9 Å². The predicted molar refractivity (Wildman–Crippen MR) is 151 cm³/mol. The van der Waals surface area contributed by atoms with Crippen LogP contribution in [0.3, 0.4) is 0 Å². The first-order valence-electron chi connectivity index (χ1n) is 12.7. The summed E-state index contributed by atoms with van der Waals surface area (Å²) in [7, 11) is 6.09. The maximum atomic E-state index is 14.9. The average Bonchev–Trinajstić information content (AvgIpc) is 3.33. The van der Waals surface area contributed by atoms with E-state index in [0.717, 1.165) is 30.3 Å². The minimum Gasteiger partial charge on any atom is -0.349 e. The van der Waals surface area contributed by atoms with Gasteiger partial charge in [0.15, 0.2) is 0 Å².